The molecule has 0 atom stereocenters. The van der Waals surface area contributed by atoms with E-state index in [0.717, 1.165) is 17.0 Å². The smallest absolute Gasteiger partial charge is 0.267 e. The van der Waals surface area contributed by atoms with Crippen molar-refractivity contribution in [3.8, 4) is 5.69 Å². The van der Waals surface area contributed by atoms with Crippen LogP contribution in [0.5, 0.6) is 0 Å². The van der Waals surface area contributed by atoms with Crippen molar-refractivity contribution in [1.29, 1.82) is 0 Å². The highest BCUT2D eigenvalue weighted by atomic mass is 19.1. The minimum atomic E-state index is -0.843. The quantitative estimate of drug-likeness (QED) is 0.483. The molecule has 33 heavy (non-hydrogen) atoms. The van der Waals surface area contributed by atoms with Crippen molar-refractivity contribution in [2.75, 3.05) is 10.2 Å². The number of anilines is 2. The van der Waals surface area contributed by atoms with E-state index in [4.69, 9.17) is 0 Å². The highest BCUT2D eigenvalue weighted by Gasteiger charge is 2.40. The van der Waals surface area contributed by atoms with E-state index in [0.29, 0.717) is 22.5 Å². The van der Waals surface area contributed by atoms with Crippen LogP contribution in [-0.4, -0.2) is 32.5 Å². The lowest BCUT2D eigenvalue weighted by molar-refractivity contribution is -0.114. The Balaban J connectivity index is 1.62. The SMILES string of the molecule is CC(=O)Nc1ccc(N2C(=O)c3cnc4c(c(C)nn4-c4ccc(F)cc4F)c3C2=O)cc1. The molecule has 10 heteroatoms. The van der Waals surface area contributed by atoms with E-state index in [1.165, 1.54) is 23.9 Å². The largest absolute Gasteiger partial charge is 0.326 e. The van der Waals surface area contributed by atoms with Gasteiger partial charge in [-0.25, -0.2) is 23.3 Å². The number of benzene rings is 2. The van der Waals surface area contributed by atoms with Crippen molar-refractivity contribution in [3.05, 3.63) is 77.1 Å². The van der Waals surface area contributed by atoms with Gasteiger partial charge in [0, 0.05) is 24.9 Å². The number of fused-ring (bicyclic) bond motifs is 3. The molecule has 1 N–H and O–H groups in total. The van der Waals surface area contributed by atoms with Crippen LogP contribution in [0.4, 0.5) is 20.2 Å². The van der Waals surface area contributed by atoms with E-state index >= 15 is 0 Å². The lowest BCUT2D eigenvalue weighted by atomic mass is 10.1. The molecule has 0 unspecified atom stereocenters. The van der Waals surface area contributed by atoms with E-state index in [1.807, 2.05) is 0 Å². The van der Waals surface area contributed by atoms with Gasteiger partial charge in [-0.05, 0) is 43.3 Å². The van der Waals surface area contributed by atoms with Gasteiger partial charge in [0.2, 0.25) is 5.91 Å². The maximum absolute atomic E-state index is 14.4. The third-order valence-electron chi connectivity index (χ3n) is 5.31. The Kier molecular flexibility index (Phi) is 4.52. The van der Waals surface area contributed by atoms with Crippen LogP contribution in [0.15, 0.2) is 48.7 Å². The first-order valence-electron chi connectivity index (χ1n) is 9.86. The zero-order valence-corrected chi connectivity index (χ0v) is 17.4. The first-order valence-corrected chi connectivity index (χ1v) is 9.86. The average Bonchev–Trinajstić information content (AvgIpc) is 3.22. The Morgan fingerprint density at radius 3 is 2.42 bits per heavy atom. The normalized spacial score (nSPS) is 13.0. The molecule has 0 spiro atoms. The van der Waals surface area contributed by atoms with Crippen LogP contribution in [0.3, 0.4) is 0 Å². The molecule has 0 radical (unpaired) electrons. The summed E-state index contributed by atoms with van der Waals surface area (Å²) in [6, 6.07) is 9.29. The van der Waals surface area contributed by atoms with Crippen molar-refractivity contribution < 1.29 is 23.2 Å². The number of carbonyl (C=O) groups is 3. The molecule has 164 valence electrons. The van der Waals surface area contributed by atoms with Gasteiger partial charge in [0.15, 0.2) is 11.5 Å². The van der Waals surface area contributed by atoms with E-state index in [1.54, 1.807) is 31.2 Å². The molecule has 0 fully saturated rings. The molecule has 4 aromatic rings. The predicted octanol–water partition coefficient (Wildman–Crippen LogP) is 3.77. The summed E-state index contributed by atoms with van der Waals surface area (Å²) in [7, 11) is 0. The Morgan fingerprint density at radius 2 is 1.76 bits per heavy atom. The summed E-state index contributed by atoms with van der Waals surface area (Å²) in [6.07, 6.45) is 1.25. The molecule has 0 aliphatic carbocycles. The van der Waals surface area contributed by atoms with Gasteiger partial charge in [-0.15, -0.1) is 0 Å². The molecular weight excluding hydrogens is 432 g/mol. The maximum atomic E-state index is 14.4. The van der Waals surface area contributed by atoms with Gasteiger partial charge in [-0.3, -0.25) is 14.4 Å². The number of halogens is 2. The van der Waals surface area contributed by atoms with Gasteiger partial charge in [0.25, 0.3) is 11.8 Å². The van der Waals surface area contributed by atoms with Crippen LogP contribution < -0.4 is 10.2 Å². The van der Waals surface area contributed by atoms with Gasteiger partial charge in [-0.1, -0.05) is 0 Å². The van der Waals surface area contributed by atoms with Crippen molar-refractivity contribution in [2.24, 2.45) is 0 Å². The van der Waals surface area contributed by atoms with Gasteiger partial charge in [-0.2, -0.15) is 5.10 Å². The summed E-state index contributed by atoms with van der Waals surface area (Å²) in [4.78, 5) is 42.9. The van der Waals surface area contributed by atoms with Crippen molar-refractivity contribution in [2.45, 2.75) is 13.8 Å². The topological polar surface area (TPSA) is 97.2 Å². The summed E-state index contributed by atoms with van der Waals surface area (Å²) in [5, 5.41) is 7.22. The number of nitrogens with one attached hydrogen (secondary N) is 1. The average molecular weight is 447 g/mol. The molecule has 0 saturated carbocycles. The summed E-state index contributed by atoms with van der Waals surface area (Å²) < 4.78 is 28.9. The summed E-state index contributed by atoms with van der Waals surface area (Å²) in [5.74, 6) is -2.96. The predicted molar refractivity (Wildman–Crippen MR) is 115 cm³/mol. The Bertz CT molecular complexity index is 1490. The maximum Gasteiger partial charge on any atom is 0.267 e. The second-order valence-electron chi connectivity index (χ2n) is 7.51. The number of rotatable bonds is 3. The minimum absolute atomic E-state index is 0.0378. The lowest BCUT2D eigenvalue weighted by Gasteiger charge is -2.14. The minimum Gasteiger partial charge on any atom is -0.326 e. The molecule has 1 aliphatic rings. The molecule has 3 amide bonds. The molecule has 3 heterocycles. The van der Waals surface area contributed by atoms with Crippen molar-refractivity contribution in [3.63, 3.8) is 0 Å². The van der Waals surface area contributed by atoms with Crippen LogP contribution in [0, 0.1) is 18.6 Å². The Labute approximate surface area is 185 Å². The number of pyridine rings is 1. The van der Waals surface area contributed by atoms with Gasteiger partial charge in [0.1, 0.15) is 11.5 Å². The third-order valence-corrected chi connectivity index (χ3v) is 5.31. The summed E-state index contributed by atoms with van der Waals surface area (Å²) in [6.45, 7) is 2.99. The number of hydrogen-bond acceptors (Lipinski definition) is 5. The molecule has 2 aromatic carbocycles. The summed E-state index contributed by atoms with van der Waals surface area (Å²) >= 11 is 0. The monoisotopic (exact) mass is 447 g/mol. The molecular formula is C23H15F2N5O3. The number of hydrogen-bond donors (Lipinski definition) is 1. The summed E-state index contributed by atoms with van der Waals surface area (Å²) in [5.41, 5.74) is 1.54. The molecule has 2 aromatic heterocycles. The molecule has 8 nitrogen and oxygen atoms in total. The number of imide groups is 1. The second kappa shape index (κ2) is 7.30. The fourth-order valence-corrected chi connectivity index (χ4v) is 3.91. The first-order chi connectivity index (χ1) is 15.8. The Hall–Kier alpha value is -4.47. The van der Waals surface area contributed by atoms with E-state index in [9.17, 15) is 23.2 Å². The number of aryl methyl sites for hydroxylation is 1. The van der Waals surface area contributed by atoms with Gasteiger partial charge >= 0.3 is 0 Å². The highest BCUT2D eigenvalue weighted by molar-refractivity contribution is 6.37. The van der Waals surface area contributed by atoms with Crippen LogP contribution >= 0.6 is 0 Å². The number of aromatic nitrogens is 3. The first kappa shape index (κ1) is 20.4. The van der Waals surface area contributed by atoms with Crippen LogP contribution in [-0.2, 0) is 4.79 Å². The molecule has 1 aliphatic heterocycles. The zero-order valence-electron chi connectivity index (χ0n) is 17.4. The number of carbonyl (C=O) groups excluding carboxylic acids is 3. The van der Waals surface area contributed by atoms with Crippen molar-refractivity contribution in [1.82, 2.24) is 14.8 Å². The van der Waals surface area contributed by atoms with Crippen molar-refractivity contribution >= 4 is 40.1 Å². The Morgan fingerprint density at radius 1 is 1.03 bits per heavy atom. The highest BCUT2D eigenvalue weighted by Crippen LogP contribution is 2.35. The zero-order chi connectivity index (χ0) is 23.4. The molecule has 0 saturated heterocycles. The number of amides is 3. The fraction of sp³-hybridized carbons (Fsp3) is 0.0870. The van der Waals surface area contributed by atoms with Crippen LogP contribution in [0.2, 0.25) is 0 Å². The van der Waals surface area contributed by atoms with E-state index in [2.05, 4.69) is 15.4 Å². The lowest BCUT2D eigenvalue weighted by Crippen LogP contribution is -2.29. The second-order valence-corrected chi connectivity index (χ2v) is 7.51. The van der Waals surface area contributed by atoms with Crippen LogP contribution in [0.1, 0.15) is 33.3 Å². The van der Waals surface area contributed by atoms with E-state index in [-0.39, 0.29) is 28.4 Å². The molecule has 0 bridgehead atoms. The third kappa shape index (κ3) is 3.15. The van der Waals surface area contributed by atoms with Gasteiger partial charge < -0.3 is 5.32 Å². The fourth-order valence-electron chi connectivity index (χ4n) is 3.91. The van der Waals surface area contributed by atoms with E-state index < -0.39 is 23.4 Å². The van der Waals surface area contributed by atoms with Gasteiger partial charge in [0.05, 0.1) is 27.9 Å². The van der Waals surface area contributed by atoms with Crippen LogP contribution in [0.25, 0.3) is 16.7 Å². The standard InChI is InChI=1S/C23H15F2N5O3/c1-11-19-20-16(10-26-21(19)30(28-11)18-8-3-13(24)9-17(18)25)22(32)29(23(20)33)15-6-4-14(5-7-15)27-12(2)31/h3-10H,1-2H3,(H,27,31). The number of nitrogens with zero attached hydrogens (tertiary/aromatic N) is 4. The molecule has 5 rings (SSSR count).